The maximum absolute atomic E-state index is 12.8. The van der Waals surface area contributed by atoms with Gasteiger partial charge in [-0.3, -0.25) is 9.78 Å². The molecule has 0 aliphatic carbocycles. The number of unbranched alkanes of at least 4 members (excludes halogenated alkanes) is 1. The molecule has 2 heterocycles. The first-order valence-electron chi connectivity index (χ1n) is 10.2. The number of rotatable bonds is 7. The number of anilines is 1. The van der Waals surface area contributed by atoms with Crippen LogP contribution >= 0.6 is 0 Å². The number of carbonyl (C=O) groups is 1. The van der Waals surface area contributed by atoms with E-state index < -0.39 is 6.10 Å². The van der Waals surface area contributed by atoms with Gasteiger partial charge in [-0.2, -0.15) is 5.26 Å². The van der Waals surface area contributed by atoms with Crippen LogP contribution in [-0.4, -0.2) is 53.9 Å². The number of aliphatic hydroxyl groups is 1. The third-order valence-corrected chi connectivity index (χ3v) is 5.23. The number of hydrogen-bond donors (Lipinski definition) is 2. The number of aliphatic hydroxyl groups excluding tert-OH is 1. The smallest absolute Gasteiger partial charge is 0.251 e. The van der Waals surface area contributed by atoms with Crippen LogP contribution in [0.1, 0.15) is 38.7 Å². The van der Waals surface area contributed by atoms with Gasteiger partial charge >= 0.3 is 0 Å². The number of nitriles is 1. The summed E-state index contributed by atoms with van der Waals surface area (Å²) in [6, 6.07) is 9.41. The number of ether oxygens (including phenoxy) is 1. The Morgan fingerprint density at radius 1 is 1.45 bits per heavy atom. The number of nitrogens with one attached hydrogen (secondary N) is 1. The van der Waals surface area contributed by atoms with Crippen molar-refractivity contribution < 1.29 is 14.6 Å². The Labute approximate surface area is 171 Å². The first-order chi connectivity index (χ1) is 14.1. The summed E-state index contributed by atoms with van der Waals surface area (Å²) < 4.78 is 5.90. The Kier molecular flexibility index (Phi) is 7.02. The van der Waals surface area contributed by atoms with Gasteiger partial charge in [-0.25, -0.2) is 0 Å². The molecule has 0 saturated carbocycles. The highest BCUT2D eigenvalue weighted by molar-refractivity contribution is 5.95. The van der Waals surface area contributed by atoms with Crippen molar-refractivity contribution in [2.24, 2.45) is 0 Å². The van der Waals surface area contributed by atoms with Gasteiger partial charge in [-0.1, -0.05) is 19.8 Å². The van der Waals surface area contributed by atoms with Crippen LogP contribution in [0.5, 0.6) is 0 Å². The van der Waals surface area contributed by atoms with E-state index in [4.69, 9.17) is 4.74 Å². The second kappa shape index (κ2) is 9.68. The Morgan fingerprint density at radius 3 is 3.00 bits per heavy atom. The zero-order valence-electron chi connectivity index (χ0n) is 17.0. The molecule has 1 aliphatic heterocycles. The van der Waals surface area contributed by atoms with E-state index in [1.807, 2.05) is 25.1 Å². The van der Waals surface area contributed by atoms with Gasteiger partial charge in [0.25, 0.3) is 5.91 Å². The molecule has 1 unspecified atom stereocenters. The molecule has 3 rings (SSSR count). The number of aromatic nitrogens is 1. The van der Waals surface area contributed by atoms with Crippen molar-refractivity contribution in [3.8, 4) is 6.07 Å². The van der Waals surface area contributed by atoms with E-state index in [9.17, 15) is 15.2 Å². The Morgan fingerprint density at radius 2 is 2.28 bits per heavy atom. The fourth-order valence-corrected chi connectivity index (χ4v) is 3.77. The summed E-state index contributed by atoms with van der Waals surface area (Å²) in [7, 11) is 0. The van der Waals surface area contributed by atoms with Crippen LogP contribution in [0.2, 0.25) is 0 Å². The van der Waals surface area contributed by atoms with Crippen molar-refractivity contribution in [1.29, 1.82) is 5.26 Å². The average Bonchev–Trinajstić information content (AvgIpc) is 2.75. The molecule has 0 spiro atoms. The lowest BCUT2D eigenvalue weighted by Crippen LogP contribution is -2.54. The van der Waals surface area contributed by atoms with Crippen LogP contribution in [0.4, 0.5) is 5.69 Å². The van der Waals surface area contributed by atoms with Crippen molar-refractivity contribution in [2.45, 2.75) is 51.4 Å². The van der Waals surface area contributed by atoms with Crippen molar-refractivity contribution >= 4 is 22.5 Å². The number of carbonyl (C=O) groups excluding carboxylic acids is 1. The van der Waals surface area contributed by atoms with Gasteiger partial charge in [0, 0.05) is 23.8 Å². The summed E-state index contributed by atoms with van der Waals surface area (Å²) in [5.74, 6) is -0.201. The molecule has 3 atom stereocenters. The predicted octanol–water partition coefficient (Wildman–Crippen LogP) is 2.37. The van der Waals surface area contributed by atoms with Crippen LogP contribution in [0, 0.1) is 11.3 Å². The summed E-state index contributed by atoms with van der Waals surface area (Å²) in [5.41, 5.74) is 2.12. The van der Waals surface area contributed by atoms with E-state index in [1.54, 1.807) is 12.3 Å². The third-order valence-electron chi connectivity index (χ3n) is 5.23. The predicted molar refractivity (Wildman–Crippen MR) is 112 cm³/mol. The standard InChI is InChI=1S/C22H28N4O3/c1-3-4-6-17(14-27)25-22(28)20-13-26(12-15(2)29-20)19-9-8-16(11-23)21-18(19)7-5-10-24-21/h5,7-10,15,17,20,27H,3-4,6,12-14H2,1-2H3,(H,25,28)/t15-,17?,20-/m1/s1. The molecule has 0 bridgehead atoms. The average molecular weight is 396 g/mol. The minimum Gasteiger partial charge on any atom is -0.394 e. The van der Waals surface area contributed by atoms with Gasteiger partial charge in [0.2, 0.25) is 0 Å². The van der Waals surface area contributed by atoms with Crippen LogP contribution in [-0.2, 0) is 9.53 Å². The van der Waals surface area contributed by atoms with E-state index in [0.717, 1.165) is 30.3 Å². The molecular formula is C22H28N4O3. The summed E-state index contributed by atoms with van der Waals surface area (Å²) in [6.45, 7) is 4.98. The second-order valence-electron chi connectivity index (χ2n) is 7.51. The molecule has 1 fully saturated rings. The molecule has 1 amide bonds. The first kappa shape index (κ1) is 21.0. The second-order valence-corrected chi connectivity index (χ2v) is 7.51. The molecular weight excluding hydrogens is 368 g/mol. The topological polar surface area (TPSA) is 98.5 Å². The molecule has 1 aliphatic rings. The van der Waals surface area contributed by atoms with Crippen molar-refractivity contribution in [3.05, 3.63) is 36.0 Å². The highest BCUT2D eigenvalue weighted by Gasteiger charge is 2.32. The normalized spacial score (nSPS) is 20.3. The van der Waals surface area contributed by atoms with Crippen LogP contribution in [0.3, 0.4) is 0 Å². The van der Waals surface area contributed by atoms with E-state index in [-0.39, 0.29) is 24.7 Å². The van der Waals surface area contributed by atoms with Crippen LogP contribution < -0.4 is 10.2 Å². The molecule has 0 radical (unpaired) electrons. The maximum atomic E-state index is 12.8. The molecule has 1 aromatic carbocycles. The SMILES string of the molecule is CCCCC(CO)NC(=O)[C@H]1CN(c2ccc(C#N)c3ncccc23)C[C@@H](C)O1. The lowest BCUT2D eigenvalue weighted by atomic mass is 10.1. The largest absolute Gasteiger partial charge is 0.394 e. The summed E-state index contributed by atoms with van der Waals surface area (Å²) in [4.78, 5) is 19.3. The fourth-order valence-electron chi connectivity index (χ4n) is 3.77. The molecule has 7 nitrogen and oxygen atoms in total. The highest BCUT2D eigenvalue weighted by Crippen LogP contribution is 2.30. The molecule has 2 N–H and O–H groups in total. The molecule has 2 aromatic rings. The first-order valence-corrected chi connectivity index (χ1v) is 10.2. The number of benzene rings is 1. The quantitative estimate of drug-likeness (QED) is 0.746. The molecule has 1 saturated heterocycles. The summed E-state index contributed by atoms with van der Waals surface area (Å²) in [5, 5.41) is 22.7. The summed E-state index contributed by atoms with van der Waals surface area (Å²) >= 11 is 0. The lowest BCUT2D eigenvalue weighted by Gasteiger charge is -2.38. The number of nitrogens with zero attached hydrogens (tertiary/aromatic N) is 3. The maximum Gasteiger partial charge on any atom is 0.251 e. The minimum atomic E-state index is -0.628. The number of hydrogen-bond acceptors (Lipinski definition) is 6. The Hall–Kier alpha value is -2.69. The molecule has 29 heavy (non-hydrogen) atoms. The highest BCUT2D eigenvalue weighted by atomic mass is 16.5. The number of fused-ring (bicyclic) bond motifs is 1. The van der Waals surface area contributed by atoms with Crippen molar-refractivity contribution in [1.82, 2.24) is 10.3 Å². The fraction of sp³-hybridized carbons (Fsp3) is 0.500. The van der Waals surface area contributed by atoms with Crippen LogP contribution in [0.25, 0.3) is 10.9 Å². The van der Waals surface area contributed by atoms with E-state index in [0.29, 0.717) is 24.2 Å². The van der Waals surface area contributed by atoms with E-state index in [1.165, 1.54) is 0 Å². The van der Waals surface area contributed by atoms with Gasteiger partial charge in [0.1, 0.15) is 6.07 Å². The Bertz CT molecular complexity index is 895. The van der Waals surface area contributed by atoms with Gasteiger partial charge in [0.05, 0.1) is 36.4 Å². The number of pyridine rings is 1. The number of amides is 1. The molecule has 1 aromatic heterocycles. The lowest BCUT2D eigenvalue weighted by molar-refractivity contribution is -0.138. The van der Waals surface area contributed by atoms with Crippen molar-refractivity contribution in [3.63, 3.8) is 0 Å². The zero-order valence-corrected chi connectivity index (χ0v) is 17.0. The third kappa shape index (κ3) is 4.84. The van der Waals surface area contributed by atoms with Crippen LogP contribution in [0.15, 0.2) is 30.5 Å². The van der Waals surface area contributed by atoms with E-state index in [2.05, 4.69) is 28.2 Å². The zero-order chi connectivity index (χ0) is 20.8. The van der Waals surface area contributed by atoms with Gasteiger partial charge in [0.15, 0.2) is 6.10 Å². The van der Waals surface area contributed by atoms with Crippen molar-refractivity contribution in [2.75, 3.05) is 24.6 Å². The molecule has 154 valence electrons. The van der Waals surface area contributed by atoms with Gasteiger partial charge in [-0.15, -0.1) is 0 Å². The van der Waals surface area contributed by atoms with Gasteiger partial charge in [-0.05, 0) is 37.6 Å². The van der Waals surface area contributed by atoms with E-state index >= 15 is 0 Å². The minimum absolute atomic E-state index is 0.0797. The number of morpholine rings is 1. The molecule has 7 heteroatoms. The Balaban J connectivity index is 1.81. The van der Waals surface area contributed by atoms with Gasteiger partial charge < -0.3 is 20.1 Å². The summed E-state index contributed by atoms with van der Waals surface area (Å²) in [6.07, 6.45) is 3.62. The monoisotopic (exact) mass is 396 g/mol.